The predicted molar refractivity (Wildman–Crippen MR) is 120 cm³/mol. The summed E-state index contributed by atoms with van der Waals surface area (Å²) in [6.45, 7) is 6.49. The first-order valence-corrected chi connectivity index (χ1v) is 10.5. The van der Waals surface area contributed by atoms with Crippen LogP contribution in [0.15, 0.2) is 18.2 Å². The summed E-state index contributed by atoms with van der Waals surface area (Å²) >= 11 is 6.10. The molecule has 0 saturated carbocycles. The van der Waals surface area contributed by atoms with Gasteiger partial charge in [-0.05, 0) is 43.7 Å². The number of hydrogen-bond donors (Lipinski definition) is 4. The number of carbonyl (C=O) groups excluding carboxylic acids is 3. The third-order valence-electron chi connectivity index (χ3n) is 5.59. The van der Waals surface area contributed by atoms with E-state index in [0.29, 0.717) is 53.7 Å². The molecule has 0 radical (unpaired) electrons. The first kappa shape index (κ1) is 21.1. The van der Waals surface area contributed by atoms with Crippen molar-refractivity contribution in [2.45, 2.75) is 13.8 Å². The highest BCUT2D eigenvalue weighted by molar-refractivity contribution is 6.36. The molecule has 4 N–H and O–H groups in total. The Labute approximate surface area is 185 Å². The molecule has 1 fully saturated rings. The maximum atomic E-state index is 12.8. The second-order valence-electron chi connectivity index (χ2n) is 7.75. The van der Waals surface area contributed by atoms with E-state index in [1.807, 2.05) is 18.7 Å². The quantitative estimate of drug-likeness (QED) is 0.532. The number of fused-ring (bicyclic) bond motifs is 1. The largest absolute Gasteiger partial charge is 0.358 e. The van der Waals surface area contributed by atoms with Gasteiger partial charge in [-0.2, -0.15) is 0 Å². The van der Waals surface area contributed by atoms with E-state index in [-0.39, 0.29) is 17.7 Å². The molecule has 3 amide bonds. The average Bonchev–Trinajstić information content (AvgIpc) is 3.17. The number of amides is 3. The Morgan fingerprint density at radius 2 is 2.10 bits per heavy atom. The number of hydrogen-bond acceptors (Lipinski definition) is 4. The summed E-state index contributed by atoms with van der Waals surface area (Å²) < 4.78 is 0. The molecule has 1 saturated heterocycles. The third kappa shape index (κ3) is 4.35. The van der Waals surface area contributed by atoms with Gasteiger partial charge in [0.1, 0.15) is 0 Å². The van der Waals surface area contributed by atoms with Crippen LogP contribution in [0, 0.1) is 13.8 Å². The molecule has 162 valence electrons. The van der Waals surface area contributed by atoms with E-state index in [9.17, 15) is 14.4 Å². The van der Waals surface area contributed by atoms with Gasteiger partial charge in [0.05, 0.1) is 17.7 Å². The molecule has 0 bridgehead atoms. The first-order chi connectivity index (χ1) is 14.8. The highest BCUT2D eigenvalue weighted by Crippen LogP contribution is 2.35. The van der Waals surface area contributed by atoms with E-state index < -0.39 is 0 Å². The van der Waals surface area contributed by atoms with E-state index >= 15 is 0 Å². The zero-order chi connectivity index (χ0) is 22.1. The lowest BCUT2D eigenvalue weighted by Crippen LogP contribution is -2.49. The number of anilines is 1. The predicted octanol–water partition coefficient (Wildman–Crippen LogP) is 1.94. The minimum absolute atomic E-state index is 0.00592. The van der Waals surface area contributed by atoms with Crippen LogP contribution in [0.2, 0.25) is 5.02 Å². The van der Waals surface area contributed by atoms with Crippen molar-refractivity contribution in [3.05, 3.63) is 51.3 Å². The van der Waals surface area contributed by atoms with Crippen molar-refractivity contribution in [3.8, 4) is 0 Å². The first-order valence-electron chi connectivity index (χ1n) is 10.1. The number of aryl methyl sites for hydroxylation is 1. The van der Waals surface area contributed by atoms with Crippen LogP contribution in [-0.2, 0) is 9.59 Å². The molecule has 2 aliphatic heterocycles. The van der Waals surface area contributed by atoms with Gasteiger partial charge in [-0.15, -0.1) is 0 Å². The molecule has 2 aliphatic rings. The van der Waals surface area contributed by atoms with Crippen LogP contribution >= 0.6 is 11.6 Å². The minimum Gasteiger partial charge on any atom is -0.358 e. The molecule has 1 aromatic carbocycles. The van der Waals surface area contributed by atoms with Crippen LogP contribution < -0.4 is 16.0 Å². The fourth-order valence-electron chi connectivity index (χ4n) is 4.01. The molecule has 1 aromatic heterocycles. The summed E-state index contributed by atoms with van der Waals surface area (Å²) in [5.41, 5.74) is 4.71. The number of rotatable bonds is 5. The van der Waals surface area contributed by atoms with Gasteiger partial charge in [-0.1, -0.05) is 11.6 Å². The number of nitrogens with one attached hydrogen (secondary N) is 4. The number of piperazine rings is 1. The van der Waals surface area contributed by atoms with Gasteiger partial charge < -0.3 is 20.9 Å². The summed E-state index contributed by atoms with van der Waals surface area (Å²) in [5.74, 6) is -0.386. The minimum atomic E-state index is -0.208. The number of aromatic nitrogens is 1. The number of nitrogens with zero attached hydrogens (tertiary/aromatic N) is 1. The zero-order valence-corrected chi connectivity index (χ0v) is 18.2. The van der Waals surface area contributed by atoms with Gasteiger partial charge in [0.2, 0.25) is 5.91 Å². The van der Waals surface area contributed by atoms with Crippen LogP contribution in [0.5, 0.6) is 0 Å². The Kier molecular flexibility index (Phi) is 5.84. The number of benzene rings is 1. The van der Waals surface area contributed by atoms with Crippen LogP contribution in [-0.4, -0.2) is 60.3 Å². The second kappa shape index (κ2) is 8.56. The number of halogens is 1. The summed E-state index contributed by atoms with van der Waals surface area (Å²) in [6, 6.07) is 5.25. The summed E-state index contributed by atoms with van der Waals surface area (Å²) in [4.78, 5) is 41.9. The van der Waals surface area contributed by atoms with E-state index in [2.05, 4.69) is 20.9 Å². The topological polar surface area (TPSA) is 106 Å². The molecule has 0 unspecified atom stereocenters. The van der Waals surface area contributed by atoms with E-state index in [1.54, 1.807) is 24.3 Å². The molecule has 0 atom stereocenters. The van der Waals surface area contributed by atoms with Crippen molar-refractivity contribution >= 4 is 46.7 Å². The van der Waals surface area contributed by atoms with Crippen molar-refractivity contribution in [1.29, 1.82) is 0 Å². The lowest BCUT2D eigenvalue weighted by Gasteiger charge is -2.26. The van der Waals surface area contributed by atoms with Gasteiger partial charge in [0, 0.05) is 53.8 Å². The van der Waals surface area contributed by atoms with E-state index in [1.165, 1.54) is 0 Å². The van der Waals surface area contributed by atoms with Gasteiger partial charge in [0.25, 0.3) is 11.8 Å². The number of aromatic amines is 1. The fourth-order valence-corrected chi connectivity index (χ4v) is 4.18. The van der Waals surface area contributed by atoms with Crippen molar-refractivity contribution in [2.75, 3.05) is 38.0 Å². The van der Waals surface area contributed by atoms with Crippen molar-refractivity contribution in [1.82, 2.24) is 20.5 Å². The molecule has 31 heavy (non-hydrogen) atoms. The fraction of sp³-hybridized carbons (Fsp3) is 0.318. The average molecular weight is 442 g/mol. The van der Waals surface area contributed by atoms with Crippen LogP contribution in [0.1, 0.15) is 32.9 Å². The zero-order valence-electron chi connectivity index (χ0n) is 17.4. The molecule has 3 heterocycles. The van der Waals surface area contributed by atoms with Crippen molar-refractivity contribution in [2.24, 2.45) is 0 Å². The Hall–Kier alpha value is -3.10. The Bertz CT molecular complexity index is 1100. The smallest absolute Gasteiger partial charge is 0.256 e. The van der Waals surface area contributed by atoms with Crippen LogP contribution in [0.3, 0.4) is 0 Å². The van der Waals surface area contributed by atoms with Crippen LogP contribution in [0.25, 0.3) is 11.6 Å². The van der Waals surface area contributed by atoms with Crippen LogP contribution in [0.4, 0.5) is 5.69 Å². The Morgan fingerprint density at radius 1 is 1.29 bits per heavy atom. The monoisotopic (exact) mass is 441 g/mol. The van der Waals surface area contributed by atoms with Crippen molar-refractivity contribution < 1.29 is 14.4 Å². The standard InChI is InChI=1S/C22H24ClN5O3/c1-12-18(10-16-15-9-14(23)3-4-17(15)27-21(16)30)26-13(2)20(12)22(31)25-6-8-28-7-5-24-19(29)11-28/h3-4,9-10,26H,5-8,11H2,1-2H3,(H,24,29)(H,25,31)(H,27,30). The Balaban J connectivity index is 1.50. The summed E-state index contributed by atoms with van der Waals surface area (Å²) in [6.07, 6.45) is 1.75. The molecule has 0 spiro atoms. The summed E-state index contributed by atoms with van der Waals surface area (Å²) in [7, 11) is 0. The van der Waals surface area contributed by atoms with Gasteiger partial charge in [-0.3, -0.25) is 19.3 Å². The number of carbonyl (C=O) groups is 3. The third-order valence-corrected chi connectivity index (χ3v) is 5.82. The van der Waals surface area contributed by atoms with Crippen molar-refractivity contribution in [3.63, 3.8) is 0 Å². The number of H-pyrrole nitrogens is 1. The normalized spacial score (nSPS) is 17.5. The maximum Gasteiger partial charge on any atom is 0.256 e. The second-order valence-corrected chi connectivity index (χ2v) is 8.18. The highest BCUT2D eigenvalue weighted by atomic mass is 35.5. The molecule has 4 rings (SSSR count). The van der Waals surface area contributed by atoms with E-state index in [4.69, 9.17) is 11.6 Å². The lowest BCUT2D eigenvalue weighted by atomic mass is 10.0. The highest BCUT2D eigenvalue weighted by Gasteiger charge is 2.26. The van der Waals surface area contributed by atoms with Gasteiger partial charge >= 0.3 is 0 Å². The lowest BCUT2D eigenvalue weighted by molar-refractivity contribution is -0.124. The van der Waals surface area contributed by atoms with Gasteiger partial charge in [-0.25, -0.2) is 0 Å². The molecule has 9 heteroatoms. The SMILES string of the molecule is Cc1[nH]c(C=C2C(=O)Nc3ccc(Cl)cc32)c(C)c1C(=O)NCCN1CCNC(=O)C1. The molecule has 2 aromatic rings. The summed E-state index contributed by atoms with van der Waals surface area (Å²) in [5, 5.41) is 9.09. The Morgan fingerprint density at radius 3 is 2.87 bits per heavy atom. The van der Waals surface area contributed by atoms with Gasteiger partial charge in [0.15, 0.2) is 0 Å². The maximum absolute atomic E-state index is 12.8. The molecule has 8 nitrogen and oxygen atoms in total. The van der Waals surface area contributed by atoms with E-state index in [0.717, 1.165) is 23.4 Å². The molecular weight excluding hydrogens is 418 g/mol. The molecular formula is C22H24ClN5O3. The molecule has 0 aliphatic carbocycles.